The molecule has 2 aromatic rings. The van der Waals surface area contributed by atoms with E-state index in [1.165, 1.54) is 19.3 Å². The fourth-order valence-electron chi connectivity index (χ4n) is 2.26. The third kappa shape index (κ3) is 2.53. The fraction of sp³-hybridized carbons (Fsp3) is 0.500. The molecule has 0 atom stereocenters. The number of hydrogen-bond donors (Lipinski definition) is 0. The molecule has 1 aliphatic rings. The van der Waals surface area contributed by atoms with Gasteiger partial charge in [-0.05, 0) is 30.9 Å². The summed E-state index contributed by atoms with van der Waals surface area (Å²) in [6.07, 6.45) is 7.17. The molecule has 0 bridgehead atoms. The van der Waals surface area contributed by atoms with Crippen LogP contribution in [-0.4, -0.2) is 37.6 Å². The van der Waals surface area contributed by atoms with Gasteiger partial charge in [0.1, 0.15) is 0 Å². The van der Waals surface area contributed by atoms with Crippen LogP contribution in [0.15, 0.2) is 12.4 Å². The quantitative estimate of drug-likeness (QED) is 0.840. The van der Waals surface area contributed by atoms with Gasteiger partial charge in [0, 0.05) is 32.5 Å². The normalized spacial score (nSPS) is 15.8. The van der Waals surface area contributed by atoms with Crippen molar-refractivity contribution in [3.8, 4) is 11.6 Å². The molecule has 6 nitrogen and oxygen atoms in total. The van der Waals surface area contributed by atoms with Crippen LogP contribution in [0.3, 0.4) is 0 Å². The Hall–Kier alpha value is -1.69. The van der Waals surface area contributed by atoms with Gasteiger partial charge in [0.2, 0.25) is 17.1 Å². The number of aromatic nitrogens is 5. The minimum atomic E-state index is 0.216. The molecule has 19 heavy (non-hydrogen) atoms. The molecule has 100 valence electrons. The maximum Gasteiger partial charge on any atom is 0.230 e. The molecule has 0 N–H and O–H groups in total. The average molecular weight is 279 g/mol. The standard InChI is InChI=1S/C12H15ClN6/c1-18-8-5-14-10(18)9-15-11(13)17-12(16-9)19-6-3-2-4-7-19/h5,8H,2-4,6-7H2,1H3. The van der Waals surface area contributed by atoms with E-state index in [4.69, 9.17) is 11.6 Å². The molecule has 1 saturated heterocycles. The van der Waals surface area contributed by atoms with Crippen molar-refractivity contribution in [2.75, 3.05) is 18.0 Å². The maximum absolute atomic E-state index is 6.01. The average Bonchev–Trinajstić information content (AvgIpc) is 2.85. The molecule has 0 spiro atoms. The topological polar surface area (TPSA) is 59.7 Å². The first-order valence-corrected chi connectivity index (χ1v) is 6.76. The first-order chi connectivity index (χ1) is 9.24. The lowest BCUT2D eigenvalue weighted by atomic mass is 10.1. The second kappa shape index (κ2) is 5.13. The molecule has 3 rings (SSSR count). The molecule has 7 heteroatoms. The summed E-state index contributed by atoms with van der Waals surface area (Å²) in [6.45, 7) is 1.95. The third-order valence-electron chi connectivity index (χ3n) is 3.26. The number of aryl methyl sites for hydroxylation is 1. The molecule has 1 fully saturated rings. The predicted octanol–water partition coefficient (Wildman–Crippen LogP) is 1.92. The summed E-state index contributed by atoms with van der Waals surface area (Å²) in [5.41, 5.74) is 0. The summed E-state index contributed by atoms with van der Waals surface area (Å²) < 4.78 is 1.87. The Kier molecular flexibility index (Phi) is 3.33. The van der Waals surface area contributed by atoms with Gasteiger partial charge in [0.15, 0.2) is 5.82 Å². The molecule has 0 saturated carbocycles. The number of anilines is 1. The first kappa shape index (κ1) is 12.3. The summed E-state index contributed by atoms with van der Waals surface area (Å²) in [6, 6.07) is 0. The molecular formula is C12H15ClN6. The minimum Gasteiger partial charge on any atom is -0.341 e. The smallest absolute Gasteiger partial charge is 0.230 e. The van der Waals surface area contributed by atoms with E-state index in [9.17, 15) is 0 Å². The van der Waals surface area contributed by atoms with Crippen LogP contribution >= 0.6 is 11.6 Å². The number of halogens is 1. The van der Waals surface area contributed by atoms with Crippen molar-refractivity contribution >= 4 is 17.5 Å². The Morgan fingerprint density at radius 2 is 1.89 bits per heavy atom. The van der Waals surface area contributed by atoms with E-state index in [0.29, 0.717) is 17.6 Å². The number of nitrogens with zero attached hydrogens (tertiary/aromatic N) is 6. The van der Waals surface area contributed by atoms with Gasteiger partial charge in [0.25, 0.3) is 0 Å². The lowest BCUT2D eigenvalue weighted by molar-refractivity contribution is 0.567. The van der Waals surface area contributed by atoms with E-state index in [0.717, 1.165) is 13.1 Å². The van der Waals surface area contributed by atoms with Gasteiger partial charge in [-0.3, -0.25) is 0 Å². The summed E-state index contributed by atoms with van der Waals surface area (Å²) in [7, 11) is 1.90. The highest BCUT2D eigenvalue weighted by Crippen LogP contribution is 2.20. The number of hydrogen-bond acceptors (Lipinski definition) is 5. The van der Waals surface area contributed by atoms with E-state index >= 15 is 0 Å². The third-order valence-corrected chi connectivity index (χ3v) is 3.43. The summed E-state index contributed by atoms with van der Waals surface area (Å²) in [5.74, 6) is 1.87. The molecule has 0 amide bonds. The number of imidazole rings is 1. The molecule has 3 heterocycles. The SMILES string of the molecule is Cn1ccnc1-c1nc(Cl)nc(N2CCCCC2)n1. The molecular weight excluding hydrogens is 264 g/mol. The highest BCUT2D eigenvalue weighted by Gasteiger charge is 2.17. The second-order valence-electron chi connectivity index (χ2n) is 4.64. The largest absolute Gasteiger partial charge is 0.341 e. The van der Waals surface area contributed by atoms with Crippen molar-refractivity contribution in [2.45, 2.75) is 19.3 Å². The molecule has 0 aliphatic carbocycles. The monoisotopic (exact) mass is 278 g/mol. The van der Waals surface area contributed by atoms with Crippen molar-refractivity contribution in [3.05, 3.63) is 17.7 Å². The van der Waals surface area contributed by atoms with Gasteiger partial charge in [-0.25, -0.2) is 4.98 Å². The summed E-state index contributed by atoms with van der Waals surface area (Å²) >= 11 is 6.01. The lowest BCUT2D eigenvalue weighted by Crippen LogP contribution is -2.31. The van der Waals surface area contributed by atoms with Crippen LogP contribution in [0.1, 0.15) is 19.3 Å². The Balaban J connectivity index is 1.98. The Labute approximate surface area is 116 Å². The van der Waals surface area contributed by atoms with Crippen molar-refractivity contribution in [1.29, 1.82) is 0 Å². The van der Waals surface area contributed by atoms with Gasteiger partial charge in [-0.1, -0.05) is 0 Å². The van der Waals surface area contributed by atoms with Crippen molar-refractivity contribution in [1.82, 2.24) is 24.5 Å². The highest BCUT2D eigenvalue weighted by atomic mass is 35.5. The van der Waals surface area contributed by atoms with Crippen molar-refractivity contribution in [3.63, 3.8) is 0 Å². The Morgan fingerprint density at radius 1 is 1.11 bits per heavy atom. The van der Waals surface area contributed by atoms with E-state index < -0.39 is 0 Å². The zero-order valence-corrected chi connectivity index (χ0v) is 11.5. The van der Waals surface area contributed by atoms with Gasteiger partial charge < -0.3 is 9.47 Å². The van der Waals surface area contributed by atoms with Crippen LogP contribution in [0.4, 0.5) is 5.95 Å². The zero-order valence-electron chi connectivity index (χ0n) is 10.8. The maximum atomic E-state index is 6.01. The van der Waals surface area contributed by atoms with Crippen LogP contribution in [0.2, 0.25) is 5.28 Å². The second-order valence-corrected chi connectivity index (χ2v) is 4.98. The molecule has 1 aliphatic heterocycles. The zero-order chi connectivity index (χ0) is 13.2. The van der Waals surface area contributed by atoms with Crippen LogP contribution < -0.4 is 4.90 Å². The number of rotatable bonds is 2. The highest BCUT2D eigenvalue weighted by molar-refractivity contribution is 6.28. The van der Waals surface area contributed by atoms with Gasteiger partial charge in [-0.15, -0.1) is 0 Å². The van der Waals surface area contributed by atoms with Crippen LogP contribution in [0.5, 0.6) is 0 Å². The minimum absolute atomic E-state index is 0.216. The predicted molar refractivity (Wildman–Crippen MR) is 73.1 cm³/mol. The van der Waals surface area contributed by atoms with Gasteiger partial charge in [-0.2, -0.15) is 15.0 Å². The molecule has 0 radical (unpaired) electrons. The van der Waals surface area contributed by atoms with E-state index in [2.05, 4.69) is 24.8 Å². The molecule has 0 aromatic carbocycles. The van der Waals surface area contributed by atoms with Crippen LogP contribution in [0, 0.1) is 0 Å². The van der Waals surface area contributed by atoms with E-state index in [-0.39, 0.29) is 5.28 Å². The summed E-state index contributed by atoms with van der Waals surface area (Å²) in [4.78, 5) is 19.3. The lowest BCUT2D eigenvalue weighted by Gasteiger charge is -2.26. The van der Waals surface area contributed by atoms with Crippen molar-refractivity contribution in [2.24, 2.45) is 7.05 Å². The van der Waals surface area contributed by atoms with Crippen molar-refractivity contribution < 1.29 is 0 Å². The van der Waals surface area contributed by atoms with E-state index in [1.54, 1.807) is 6.20 Å². The van der Waals surface area contributed by atoms with Crippen LogP contribution in [0.25, 0.3) is 11.6 Å². The number of piperidine rings is 1. The summed E-state index contributed by atoms with van der Waals surface area (Å²) in [5, 5.41) is 0.216. The Morgan fingerprint density at radius 3 is 2.58 bits per heavy atom. The molecule has 0 unspecified atom stereocenters. The van der Waals surface area contributed by atoms with Crippen LogP contribution in [-0.2, 0) is 7.05 Å². The van der Waals surface area contributed by atoms with Gasteiger partial charge in [0.05, 0.1) is 0 Å². The first-order valence-electron chi connectivity index (χ1n) is 6.38. The fourth-order valence-corrected chi connectivity index (χ4v) is 2.41. The Bertz CT molecular complexity index is 575. The van der Waals surface area contributed by atoms with E-state index in [1.807, 2.05) is 17.8 Å². The van der Waals surface area contributed by atoms with Gasteiger partial charge >= 0.3 is 0 Å². The molecule has 2 aromatic heterocycles.